The van der Waals surface area contributed by atoms with Crippen LogP contribution in [0.3, 0.4) is 0 Å². The molecule has 0 aliphatic rings. The van der Waals surface area contributed by atoms with E-state index in [4.69, 9.17) is 34.8 Å². The number of imidazole rings is 1. The monoisotopic (exact) mass is 624 g/mol. The Hall–Kier alpha value is -4.24. The van der Waals surface area contributed by atoms with Crippen molar-refractivity contribution in [1.29, 1.82) is 5.26 Å². The number of ketones is 1. The van der Waals surface area contributed by atoms with E-state index in [-0.39, 0.29) is 42.5 Å². The summed E-state index contributed by atoms with van der Waals surface area (Å²) in [7, 11) is 0. The van der Waals surface area contributed by atoms with E-state index in [9.17, 15) is 18.0 Å². The number of hydrogen-bond donors (Lipinski definition) is 2. The van der Waals surface area contributed by atoms with Crippen LogP contribution in [0.1, 0.15) is 27.9 Å². The summed E-state index contributed by atoms with van der Waals surface area (Å²) in [6.45, 7) is 0.149. The largest absolute Gasteiger partial charge is 0.416 e. The van der Waals surface area contributed by atoms with Gasteiger partial charge >= 0.3 is 6.18 Å². The molecule has 0 aliphatic carbocycles. The summed E-state index contributed by atoms with van der Waals surface area (Å²) in [6.07, 6.45) is -1.36. The first-order chi connectivity index (χ1) is 20.6. The summed E-state index contributed by atoms with van der Waals surface area (Å²) < 4.78 is 43.3. The zero-order valence-corrected chi connectivity index (χ0v) is 24.5. The summed E-state index contributed by atoms with van der Waals surface area (Å²) in [5, 5.41) is 12.5. The van der Waals surface area contributed by atoms with Gasteiger partial charge in [0.25, 0.3) is 0 Å². The van der Waals surface area contributed by atoms with Gasteiger partial charge in [-0.25, -0.2) is 4.98 Å². The summed E-state index contributed by atoms with van der Waals surface area (Å²) in [6, 6.07) is 21.2. The van der Waals surface area contributed by atoms with Crippen molar-refractivity contribution in [1.82, 2.24) is 14.5 Å². The molecule has 0 spiro atoms. The molecule has 0 bridgehead atoms. The van der Waals surface area contributed by atoms with Crippen LogP contribution < -0.4 is 11.1 Å². The van der Waals surface area contributed by atoms with E-state index < -0.39 is 17.7 Å². The number of anilines is 1. The number of hydrogen-bond acceptors (Lipinski definition) is 5. The molecular formula is C31H28ClF3N6OS. The van der Waals surface area contributed by atoms with Gasteiger partial charge in [-0.05, 0) is 53.7 Å². The SMILES string of the molecule is N#Cc1ccc(Cn2cncc2CC(=O)[C@@H](CN)CN(Cc2ccccc2C(F)(F)F)C(=S)Nc2ccccc2Cl)cc1. The zero-order chi connectivity index (χ0) is 31.0. The van der Waals surface area contributed by atoms with Crippen molar-refractivity contribution in [3.05, 3.63) is 118 Å². The molecule has 0 unspecified atom stereocenters. The average Bonchev–Trinajstić information content (AvgIpc) is 3.42. The number of para-hydroxylation sites is 1. The maximum atomic E-state index is 13.8. The molecule has 3 aromatic carbocycles. The first-order valence-electron chi connectivity index (χ1n) is 13.3. The Labute approximate surface area is 257 Å². The van der Waals surface area contributed by atoms with E-state index in [0.29, 0.717) is 28.5 Å². The first kappa shape index (κ1) is 31.7. The van der Waals surface area contributed by atoms with E-state index in [1.165, 1.54) is 23.1 Å². The smallest absolute Gasteiger partial charge is 0.344 e. The predicted octanol–water partition coefficient (Wildman–Crippen LogP) is 6.06. The van der Waals surface area contributed by atoms with Crippen molar-refractivity contribution in [3.8, 4) is 6.07 Å². The first-order valence-corrected chi connectivity index (χ1v) is 14.0. The molecule has 0 saturated carbocycles. The van der Waals surface area contributed by atoms with Gasteiger partial charge in [0.1, 0.15) is 5.78 Å². The van der Waals surface area contributed by atoms with Crippen LogP contribution in [0.5, 0.6) is 0 Å². The number of halogens is 4. The van der Waals surface area contributed by atoms with Crippen LogP contribution in [-0.2, 0) is 30.5 Å². The molecule has 7 nitrogen and oxygen atoms in total. The zero-order valence-electron chi connectivity index (χ0n) is 22.9. The van der Waals surface area contributed by atoms with Gasteiger partial charge in [0.15, 0.2) is 5.11 Å². The number of Topliss-reactive ketones (excluding diaryl/α,β-unsaturated/α-hetero) is 1. The molecule has 4 aromatic rings. The number of nitrogens with zero attached hydrogens (tertiary/aromatic N) is 4. The molecule has 4 rings (SSSR count). The van der Waals surface area contributed by atoms with Gasteiger partial charge < -0.3 is 20.5 Å². The number of carbonyl (C=O) groups is 1. The molecular weight excluding hydrogens is 597 g/mol. The number of benzene rings is 3. The Kier molecular flexibility index (Phi) is 10.5. The third-order valence-corrected chi connectivity index (χ3v) is 7.55. The lowest BCUT2D eigenvalue weighted by atomic mass is 9.99. The molecule has 0 radical (unpaired) electrons. The maximum absolute atomic E-state index is 13.8. The summed E-state index contributed by atoms with van der Waals surface area (Å²) in [4.78, 5) is 19.2. The Bertz CT molecular complexity index is 1620. The predicted molar refractivity (Wildman–Crippen MR) is 163 cm³/mol. The highest BCUT2D eigenvalue weighted by molar-refractivity contribution is 7.80. The van der Waals surface area contributed by atoms with Crippen LogP contribution in [0, 0.1) is 17.2 Å². The molecule has 12 heteroatoms. The van der Waals surface area contributed by atoms with Gasteiger partial charge in [-0.15, -0.1) is 0 Å². The molecule has 1 aromatic heterocycles. The second-order valence-electron chi connectivity index (χ2n) is 9.84. The fourth-order valence-electron chi connectivity index (χ4n) is 4.53. The van der Waals surface area contributed by atoms with Crippen LogP contribution in [0.2, 0.25) is 5.02 Å². The van der Waals surface area contributed by atoms with E-state index in [0.717, 1.165) is 11.6 Å². The molecule has 0 amide bonds. The highest BCUT2D eigenvalue weighted by Gasteiger charge is 2.34. The van der Waals surface area contributed by atoms with Gasteiger partial charge in [0.2, 0.25) is 0 Å². The van der Waals surface area contributed by atoms with Crippen LogP contribution in [0.25, 0.3) is 0 Å². The number of nitrogens with one attached hydrogen (secondary N) is 1. The summed E-state index contributed by atoms with van der Waals surface area (Å²) in [5.41, 5.74) is 7.85. The normalized spacial score (nSPS) is 11.9. The summed E-state index contributed by atoms with van der Waals surface area (Å²) in [5.74, 6) is -0.957. The minimum atomic E-state index is -4.57. The molecule has 0 fully saturated rings. The second-order valence-corrected chi connectivity index (χ2v) is 10.6. The number of nitriles is 1. The molecule has 3 N–H and O–H groups in total. The van der Waals surface area contributed by atoms with Crippen molar-refractivity contribution >= 4 is 40.4 Å². The number of rotatable bonds is 11. The van der Waals surface area contributed by atoms with E-state index >= 15 is 0 Å². The molecule has 43 heavy (non-hydrogen) atoms. The Morgan fingerprint density at radius 3 is 2.49 bits per heavy atom. The molecule has 1 heterocycles. The maximum Gasteiger partial charge on any atom is 0.416 e. The van der Waals surface area contributed by atoms with Gasteiger partial charge in [-0.3, -0.25) is 4.79 Å². The van der Waals surface area contributed by atoms with E-state index in [1.54, 1.807) is 48.9 Å². The quantitative estimate of drug-likeness (QED) is 0.196. The lowest BCUT2D eigenvalue weighted by Gasteiger charge is -2.30. The van der Waals surface area contributed by atoms with Crippen molar-refractivity contribution in [3.63, 3.8) is 0 Å². The average molecular weight is 625 g/mol. The van der Waals surface area contributed by atoms with Crippen molar-refractivity contribution in [2.24, 2.45) is 11.7 Å². The third kappa shape index (κ3) is 8.41. The number of aromatic nitrogens is 2. The molecule has 222 valence electrons. The van der Waals surface area contributed by atoms with Gasteiger partial charge in [-0.2, -0.15) is 18.4 Å². The lowest BCUT2D eigenvalue weighted by Crippen LogP contribution is -2.43. The Morgan fingerprint density at radius 2 is 1.81 bits per heavy atom. The van der Waals surface area contributed by atoms with Crippen LogP contribution in [0.15, 0.2) is 85.3 Å². The Balaban J connectivity index is 1.55. The third-order valence-electron chi connectivity index (χ3n) is 6.86. The standard InChI is InChI=1S/C31H28ClF3N6OS/c32-27-7-3-4-8-28(27)39-30(43)40(18-23-5-1-2-6-26(23)31(33,34)35)19-24(15-37)29(42)13-25-16-38-20-41(25)17-22-11-9-21(14-36)10-12-22/h1-12,16,20,24H,13,15,17-19,37H2,(H,39,43)/t24-/m0/s1. The lowest BCUT2D eigenvalue weighted by molar-refractivity contribution is -0.138. The van der Waals surface area contributed by atoms with Gasteiger partial charge in [0.05, 0.1) is 34.2 Å². The van der Waals surface area contributed by atoms with Crippen LogP contribution >= 0.6 is 23.8 Å². The number of thiocarbonyl (C=S) groups is 1. The number of alkyl halides is 3. The van der Waals surface area contributed by atoms with E-state index in [2.05, 4.69) is 16.4 Å². The van der Waals surface area contributed by atoms with Gasteiger partial charge in [-0.1, -0.05) is 54.1 Å². The van der Waals surface area contributed by atoms with Crippen molar-refractivity contribution < 1.29 is 18.0 Å². The minimum Gasteiger partial charge on any atom is -0.344 e. The highest BCUT2D eigenvalue weighted by Crippen LogP contribution is 2.33. The number of nitrogens with two attached hydrogens (primary N) is 1. The van der Waals surface area contributed by atoms with Crippen molar-refractivity contribution in [2.45, 2.75) is 25.7 Å². The molecule has 1 atom stereocenters. The summed E-state index contributed by atoms with van der Waals surface area (Å²) >= 11 is 11.9. The van der Waals surface area contributed by atoms with Crippen LogP contribution in [0.4, 0.5) is 18.9 Å². The fraction of sp³-hybridized carbons (Fsp3) is 0.226. The molecule has 0 saturated heterocycles. The van der Waals surface area contributed by atoms with Gasteiger partial charge in [0, 0.05) is 50.4 Å². The minimum absolute atomic E-state index is 0.00187. The second kappa shape index (κ2) is 14.3. The number of carbonyl (C=O) groups excluding carboxylic acids is 1. The fourth-order valence-corrected chi connectivity index (χ4v) is 4.96. The van der Waals surface area contributed by atoms with E-state index in [1.807, 2.05) is 16.7 Å². The van der Waals surface area contributed by atoms with Crippen molar-refractivity contribution in [2.75, 3.05) is 18.4 Å². The molecule has 0 aliphatic heterocycles. The van der Waals surface area contributed by atoms with Crippen LogP contribution in [-0.4, -0.2) is 38.4 Å². The highest BCUT2D eigenvalue weighted by atomic mass is 35.5. The topological polar surface area (TPSA) is 100.0 Å². The Morgan fingerprint density at radius 1 is 1.12 bits per heavy atom.